The number of hydrogen-bond donors (Lipinski definition) is 2. The van der Waals surface area contributed by atoms with Crippen LogP contribution in [0.1, 0.15) is 16.2 Å². The number of nitrogens with one attached hydrogen (secondary N) is 1. The van der Waals surface area contributed by atoms with Crippen molar-refractivity contribution < 1.29 is 14.6 Å². The van der Waals surface area contributed by atoms with Gasteiger partial charge in [-0.05, 0) is 13.0 Å². The van der Waals surface area contributed by atoms with Crippen LogP contribution in [0, 0.1) is 6.92 Å². The van der Waals surface area contributed by atoms with E-state index in [1.165, 1.54) is 0 Å². The predicted molar refractivity (Wildman–Crippen MR) is 58.2 cm³/mol. The third kappa shape index (κ3) is 3.63. The van der Waals surface area contributed by atoms with Crippen LogP contribution in [0.2, 0.25) is 0 Å². The first-order chi connectivity index (χ1) is 7.65. The van der Waals surface area contributed by atoms with Gasteiger partial charge in [-0.2, -0.15) is 5.10 Å². The minimum atomic E-state index is -0.171. The quantitative estimate of drug-likeness (QED) is 0.640. The first-order valence-corrected chi connectivity index (χ1v) is 5.12. The molecule has 1 heterocycles. The van der Waals surface area contributed by atoms with E-state index < -0.39 is 0 Å². The minimum Gasteiger partial charge on any atom is -0.394 e. The summed E-state index contributed by atoms with van der Waals surface area (Å²) >= 11 is 0. The number of hydrogen-bond acceptors (Lipinski definition) is 4. The summed E-state index contributed by atoms with van der Waals surface area (Å²) in [5.41, 5.74) is 1.34. The molecule has 1 amide bonds. The molecule has 6 nitrogen and oxygen atoms in total. The molecule has 0 aliphatic rings. The molecule has 90 valence electrons. The van der Waals surface area contributed by atoms with Crippen molar-refractivity contribution in [2.45, 2.75) is 6.92 Å². The van der Waals surface area contributed by atoms with Crippen LogP contribution in [0.15, 0.2) is 6.07 Å². The first-order valence-electron chi connectivity index (χ1n) is 5.12. The van der Waals surface area contributed by atoms with Crippen molar-refractivity contribution in [3.63, 3.8) is 0 Å². The molecule has 1 aromatic heterocycles. The summed E-state index contributed by atoms with van der Waals surface area (Å²) in [6.07, 6.45) is 0. The Morgan fingerprint density at radius 1 is 1.62 bits per heavy atom. The maximum absolute atomic E-state index is 11.6. The fraction of sp³-hybridized carbons (Fsp3) is 0.600. The number of aryl methyl sites for hydroxylation is 2. The second-order valence-electron chi connectivity index (χ2n) is 3.39. The Labute approximate surface area is 94.2 Å². The zero-order valence-corrected chi connectivity index (χ0v) is 9.56. The Kier molecular flexibility index (Phi) is 4.94. The van der Waals surface area contributed by atoms with Crippen molar-refractivity contribution >= 4 is 5.91 Å². The van der Waals surface area contributed by atoms with Gasteiger partial charge in [-0.3, -0.25) is 9.48 Å². The molecule has 0 aromatic carbocycles. The monoisotopic (exact) mass is 227 g/mol. The largest absolute Gasteiger partial charge is 0.394 e. The molecule has 0 unspecified atom stereocenters. The fourth-order valence-electron chi connectivity index (χ4n) is 1.32. The van der Waals surface area contributed by atoms with Gasteiger partial charge in [0.15, 0.2) is 0 Å². The Morgan fingerprint density at radius 3 is 2.94 bits per heavy atom. The Balaban J connectivity index is 2.33. The zero-order chi connectivity index (χ0) is 12.0. The molecule has 0 fully saturated rings. The van der Waals surface area contributed by atoms with Crippen LogP contribution in [-0.4, -0.2) is 47.2 Å². The summed E-state index contributed by atoms with van der Waals surface area (Å²) in [7, 11) is 1.73. The van der Waals surface area contributed by atoms with Gasteiger partial charge in [-0.1, -0.05) is 0 Å². The highest BCUT2D eigenvalue weighted by Gasteiger charge is 2.10. The van der Waals surface area contributed by atoms with Crippen LogP contribution in [-0.2, 0) is 11.8 Å². The minimum absolute atomic E-state index is 0.00509. The lowest BCUT2D eigenvalue weighted by atomic mass is 10.3. The molecule has 0 saturated carbocycles. The number of aliphatic hydroxyl groups excluding tert-OH is 1. The van der Waals surface area contributed by atoms with Gasteiger partial charge >= 0.3 is 0 Å². The summed E-state index contributed by atoms with van der Waals surface area (Å²) in [5.74, 6) is -0.171. The summed E-state index contributed by atoms with van der Waals surface area (Å²) in [5, 5.41) is 15.3. The van der Waals surface area contributed by atoms with Gasteiger partial charge in [0.05, 0.1) is 25.5 Å². The number of aliphatic hydroxyl groups is 1. The van der Waals surface area contributed by atoms with Crippen molar-refractivity contribution in [1.82, 2.24) is 15.1 Å². The highest BCUT2D eigenvalue weighted by Crippen LogP contribution is 2.00. The summed E-state index contributed by atoms with van der Waals surface area (Å²) in [6, 6.07) is 1.73. The molecule has 0 radical (unpaired) electrons. The zero-order valence-electron chi connectivity index (χ0n) is 9.56. The van der Waals surface area contributed by atoms with E-state index in [0.29, 0.717) is 25.5 Å². The molecule has 0 saturated heterocycles. The molecule has 0 aliphatic carbocycles. The van der Waals surface area contributed by atoms with Crippen molar-refractivity contribution in [3.8, 4) is 0 Å². The van der Waals surface area contributed by atoms with Gasteiger partial charge in [-0.15, -0.1) is 0 Å². The van der Waals surface area contributed by atoms with Crippen LogP contribution >= 0.6 is 0 Å². The van der Waals surface area contributed by atoms with E-state index in [1.54, 1.807) is 17.8 Å². The average molecular weight is 227 g/mol. The van der Waals surface area contributed by atoms with Gasteiger partial charge in [-0.25, -0.2) is 0 Å². The van der Waals surface area contributed by atoms with E-state index in [9.17, 15) is 4.79 Å². The van der Waals surface area contributed by atoms with Crippen molar-refractivity contribution in [3.05, 3.63) is 17.5 Å². The van der Waals surface area contributed by atoms with Crippen LogP contribution in [0.3, 0.4) is 0 Å². The molecule has 0 aliphatic heterocycles. The average Bonchev–Trinajstić information content (AvgIpc) is 2.57. The molecular formula is C10H17N3O3. The summed E-state index contributed by atoms with van der Waals surface area (Å²) in [6.45, 7) is 2.93. The van der Waals surface area contributed by atoms with E-state index in [0.717, 1.165) is 5.69 Å². The molecule has 2 N–H and O–H groups in total. The standard InChI is InChI=1S/C10H17N3O3/c1-8-7-9(13(2)12-8)10(15)11-3-5-16-6-4-14/h7,14H,3-6H2,1-2H3,(H,11,15). The van der Waals surface area contributed by atoms with Gasteiger partial charge in [0.25, 0.3) is 5.91 Å². The van der Waals surface area contributed by atoms with Gasteiger partial charge < -0.3 is 15.2 Å². The Morgan fingerprint density at radius 2 is 2.38 bits per heavy atom. The van der Waals surface area contributed by atoms with E-state index in [1.807, 2.05) is 6.92 Å². The number of ether oxygens (including phenoxy) is 1. The van der Waals surface area contributed by atoms with Crippen LogP contribution < -0.4 is 5.32 Å². The molecule has 0 spiro atoms. The number of carbonyl (C=O) groups is 1. The second-order valence-corrected chi connectivity index (χ2v) is 3.39. The summed E-state index contributed by atoms with van der Waals surface area (Å²) in [4.78, 5) is 11.6. The van der Waals surface area contributed by atoms with E-state index in [2.05, 4.69) is 10.4 Å². The van der Waals surface area contributed by atoms with Crippen LogP contribution in [0.4, 0.5) is 0 Å². The number of rotatable bonds is 6. The highest BCUT2D eigenvalue weighted by molar-refractivity contribution is 5.92. The number of carbonyl (C=O) groups excluding carboxylic acids is 1. The molecule has 0 atom stereocenters. The van der Waals surface area contributed by atoms with Crippen molar-refractivity contribution in [1.29, 1.82) is 0 Å². The first kappa shape index (κ1) is 12.7. The summed E-state index contributed by atoms with van der Waals surface area (Å²) < 4.78 is 6.56. The SMILES string of the molecule is Cc1cc(C(=O)NCCOCCO)n(C)n1. The molecule has 1 aromatic rings. The molecule has 6 heteroatoms. The smallest absolute Gasteiger partial charge is 0.269 e. The number of aromatic nitrogens is 2. The van der Waals surface area contributed by atoms with E-state index in [-0.39, 0.29) is 12.5 Å². The van der Waals surface area contributed by atoms with Crippen LogP contribution in [0.5, 0.6) is 0 Å². The maximum atomic E-state index is 11.6. The van der Waals surface area contributed by atoms with Gasteiger partial charge in [0.2, 0.25) is 0 Å². The second kappa shape index (κ2) is 6.24. The molecular weight excluding hydrogens is 210 g/mol. The van der Waals surface area contributed by atoms with Gasteiger partial charge in [0, 0.05) is 13.6 Å². The van der Waals surface area contributed by atoms with Crippen molar-refractivity contribution in [2.75, 3.05) is 26.4 Å². The lowest BCUT2D eigenvalue weighted by molar-refractivity contribution is 0.0832. The van der Waals surface area contributed by atoms with Gasteiger partial charge in [0.1, 0.15) is 5.69 Å². The predicted octanol–water partition coefficient (Wildman–Crippen LogP) is -0.533. The lowest BCUT2D eigenvalue weighted by Gasteiger charge is -2.05. The molecule has 0 bridgehead atoms. The normalized spacial score (nSPS) is 10.4. The third-order valence-corrected chi connectivity index (χ3v) is 2.00. The molecule has 1 rings (SSSR count). The topological polar surface area (TPSA) is 76.4 Å². The maximum Gasteiger partial charge on any atom is 0.269 e. The van der Waals surface area contributed by atoms with E-state index >= 15 is 0 Å². The van der Waals surface area contributed by atoms with Crippen LogP contribution in [0.25, 0.3) is 0 Å². The highest BCUT2D eigenvalue weighted by atomic mass is 16.5. The van der Waals surface area contributed by atoms with Crippen molar-refractivity contribution in [2.24, 2.45) is 7.05 Å². The fourth-order valence-corrected chi connectivity index (χ4v) is 1.32. The van der Waals surface area contributed by atoms with E-state index in [4.69, 9.17) is 9.84 Å². The number of amides is 1. The number of nitrogens with zero attached hydrogens (tertiary/aromatic N) is 2. The Bertz CT molecular complexity index is 349. The third-order valence-electron chi connectivity index (χ3n) is 2.00. The Hall–Kier alpha value is -1.40. The lowest BCUT2D eigenvalue weighted by Crippen LogP contribution is -2.29. The molecule has 16 heavy (non-hydrogen) atoms.